The quantitative estimate of drug-likeness (QED) is 0.885. The maximum absolute atomic E-state index is 10.8. The minimum Gasteiger partial charge on any atom is -0.481 e. The van der Waals surface area contributed by atoms with E-state index >= 15 is 0 Å². The zero-order valence-electron chi connectivity index (χ0n) is 9.90. The summed E-state index contributed by atoms with van der Waals surface area (Å²) >= 11 is 0. The molecule has 0 aliphatic heterocycles. The number of nitrogens with zero attached hydrogens (tertiary/aromatic N) is 1. The van der Waals surface area contributed by atoms with Crippen LogP contribution in [0, 0.1) is 5.41 Å². The van der Waals surface area contributed by atoms with Crippen LogP contribution in [0.15, 0.2) is 24.5 Å². The van der Waals surface area contributed by atoms with Crippen molar-refractivity contribution in [2.75, 3.05) is 0 Å². The lowest BCUT2D eigenvalue weighted by Gasteiger charge is -2.29. The first-order valence-electron chi connectivity index (χ1n) is 5.03. The van der Waals surface area contributed by atoms with Gasteiger partial charge in [0.05, 0.1) is 6.42 Å². The molecule has 0 aliphatic rings. The van der Waals surface area contributed by atoms with Gasteiger partial charge in [-0.05, 0) is 17.0 Å². The van der Waals surface area contributed by atoms with E-state index < -0.39 is 5.97 Å². The summed E-state index contributed by atoms with van der Waals surface area (Å²) in [5.41, 5.74) is 0.925. The molecule has 1 aromatic rings. The van der Waals surface area contributed by atoms with E-state index in [2.05, 4.69) is 4.98 Å². The number of carboxylic acids is 1. The second kappa shape index (κ2) is 5.89. The molecule has 1 heterocycles. The van der Waals surface area contributed by atoms with Crippen molar-refractivity contribution in [1.29, 1.82) is 0 Å². The van der Waals surface area contributed by atoms with Crippen LogP contribution in [0.25, 0.3) is 0 Å². The number of hydrogen-bond donors (Lipinski definition) is 1. The summed E-state index contributed by atoms with van der Waals surface area (Å²) in [6, 6.07) is 3.78. The molecule has 4 heteroatoms. The molecule has 0 bridgehead atoms. The minimum atomic E-state index is -0.765. The minimum absolute atomic E-state index is 0. The van der Waals surface area contributed by atoms with Gasteiger partial charge in [-0.2, -0.15) is 13.5 Å². The average Bonchev–Trinajstić information content (AvgIpc) is 2.14. The first kappa shape index (κ1) is 15.0. The number of carboxylic acid groups (broad SMARTS) is 1. The smallest absolute Gasteiger partial charge is 0.303 e. The third kappa shape index (κ3) is 4.23. The van der Waals surface area contributed by atoms with Gasteiger partial charge < -0.3 is 5.11 Å². The maximum atomic E-state index is 10.8. The Morgan fingerprint density at radius 2 is 2.12 bits per heavy atom. The first-order chi connectivity index (χ1) is 6.91. The van der Waals surface area contributed by atoms with E-state index in [4.69, 9.17) is 5.11 Å². The normalized spacial score (nSPS) is 12.7. The zero-order chi connectivity index (χ0) is 11.5. The van der Waals surface area contributed by atoms with Crippen LogP contribution in [-0.2, 0) is 4.79 Å². The fraction of sp³-hybridized carbons (Fsp3) is 0.500. The van der Waals surface area contributed by atoms with E-state index in [1.54, 1.807) is 12.4 Å². The largest absolute Gasteiger partial charge is 0.481 e. The van der Waals surface area contributed by atoms with Crippen LogP contribution in [0.2, 0.25) is 0 Å². The summed E-state index contributed by atoms with van der Waals surface area (Å²) in [6.07, 6.45) is 3.60. The van der Waals surface area contributed by atoms with Crippen molar-refractivity contribution in [3.8, 4) is 0 Å². The SMILES string of the molecule is CC(C)(C)[C@H](CC(=O)O)c1cccnc1.S. The molecule has 0 saturated heterocycles. The molecule has 1 rings (SSSR count). The van der Waals surface area contributed by atoms with Crippen LogP contribution in [0.4, 0.5) is 0 Å². The number of pyridine rings is 1. The Hall–Kier alpha value is -1.03. The van der Waals surface area contributed by atoms with Gasteiger partial charge in [0.1, 0.15) is 0 Å². The van der Waals surface area contributed by atoms with Crippen molar-refractivity contribution < 1.29 is 9.90 Å². The van der Waals surface area contributed by atoms with E-state index in [0.29, 0.717) is 0 Å². The second-order valence-electron chi connectivity index (χ2n) is 4.80. The van der Waals surface area contributed by atoms with Gasteiger partial charge >= 0.3 is 5.97 Å². The van der Waals surface area contributed by atoms with Crippen LogP contribution < -0.4 is 0 Å². The Bertz CT molecular complexity index is 333. The van der Waals surface area contributed by atoms with E-state index in [1.807, 2.05) is 32.9 Å². The van der Waals surface area contributed by atoms with E-state index in [-0.39, 0.29) is 31.2 Å². The fourth-order valence-electron chi connectivity index (χ4n) is 1.68. The Labute approximate surface area is 103 Å². The molecule has 0 amide bonds. The number of aliphatic carboxylic acids is 1. The Morgan fingerprint density at radius 3 is 2.50 bits per heavy atom. The molecule has 0 radical (unpaired) electrons. The van der Waals surface area contributed by atoms with Crippen molar-refractivity contribution in [2.45, 2.75) is 33.1 Å². The van der Waals surface area contributed by atoms with Gasteiger partial charge in [0, 0.05) is 18.3 Å². The fourth-order valence-corrected chi connectivity index (χ4v) is 1.68. The lowest BCUT2D eigenvalue weighted by molar-refractivity contribution is -0.138. The molecular weight excluding hydrogens is 222 g/mol. The highest BCUT2D eigenvalue weighted by atomic mass is 32.1. The summed E-state index contributed by atoms with van der Waals surface area (Å²) < 4.78 is 0. The van der Waals surface area contributed by atoms with E-state index in [0.717, 1.165) is 5.56 Å². The Morgan fingerprint density at radius 1 is 1.50 bits per heavy atom. The first-order valence-corrected chi connectivity index (χ1v) is 5.03. The monoisotopic (exact) mass is 241 g/mol. The lowest BCUT2D eigenvalue weighted by atomic mass is 9.75. The van der Waals surface area contributed by atoms with E-state index in [1.165, 1.54) is 0 Å². The van der Waals surface area contributed by atoms with Crippen molar-refractivity contribution in [3.05, 3.63) is 30.1 Å². The molecule has 0 spiro atoms. The Balaban J connectivity index is 0.00000225. The van der Waals surface area contributed by atoms with Gasteiger partial charge in [0.25, 0.3) is 0 Å². The van der Waals surface area contributed by atoms with Gasteiger partial charge in [0.2, 0.25) is 0 Å². The van der Waals surface area contributed by atoms with Crippen LogP contribution in [0.5, 0.6) is 0 Å². The number of aromatic nitrogens is 1. The van der Waals surface area contributed by atoms with Crippen LogP contribution >= 0.6 is 13.5 Å². The summed E-state index contributed by atoms with van der Waals surface area (Å²) in [4.78, 5) is 14.8. The van der Waals surface area contributed by atoms with Gasteiger partial charge in [-0.25, -0.2) is 0 Å². The summed E-state index contributed by atoms with van der Waals surface area (Å²) in [5.74, 6) is -0.762. The number of carbonyl (C=O) groups is 1. The highest BCUT2D eigenvalue weighted by molar-refractivity contribution is 7.59. The van der Waals surface area contributed by atoms with Crippen molar-refractivity contribution in [3.63, 3.8) is 0 Å². The molecule has 1 aromatic heterocycles. The molecule has 0 aromatic carbocycles. The second-order valence-corrected chi connectivity index (χ2v) is 4.80. The molecular formula is C12H19NO2S. The maximum Gasteiger partial charge on any atom is 0.303 e. The molecule has 16 heavy (non-hydrogen) atoms. The molecule has 90 valence electrons. The standard InChI is InChI=1S/C12H17NO2.H2S/c1-12(2,3)10(7-11(14)15)9-5-4-6-13-8-9;/h4-6,8,10H,7H2,1-3H3,(H,14,15);1H2/t10-;/m1./s1. The van der Waals surface area contributed by atoms with Gasteiger partial charge in [-0.1, -0.05) is 26.8 Å². The molecule has 0 unspecified atom stereocenters. The summed E-state index contributed by atoms with van der Waals surface area (Å²) in [5, 5.41) is 8.89. The van der Waals surface area contributed by atoms with Gasteiger partial charge in [-0.3, -0.25) is 9.78 Å². The number of hydrogen-bond acceptors (Lipinski definition) is 2. The van der Waals surface area contributed by atoms with Gasteiger partial charge in [-0.15, -0.1) is 0 Å². The van der Waals surface area contributed by atoms with Crippen LogP contribution in [0.3, 0.4) is 0 Å². The predicted molar refractivity (Wildman–Crippen MR) is 69.1 cm³/mol. The van der Waals surface area contributed by atoms with Crippen LogP contribution in [0.1, 0.15) is 38.7 Å². The van der Waals surface area contributed by atoms with Crippen LogP contribution in [-0.4, -0.2) is 16.1 Å². The van der Waals surface area contributed by atoms with Crippen molar-refractivity contribution in [2.24, 2.45) is 5.41 Å². The van der Waals surface area contributed by atoms with E-state index in [9.17, 15) is 4.79 Å². The highest BCUT2D eigenvalue weighted by Crippen LogP contribution is 2.37. The molecule has 0 aliphatic carbocycles. The highest BCUT2D eigenvalue weighted by Gasteiger charge is 2.28. The van der Waals surface area contributed by atoms with Gasteiger partial charge in [0.15, 0.2) is 0 Å². The summed E-state index contributed by atoms with van der Waals surface area (Å²) in [6.45, 7) is 6.15. The molecule has 1 N–H and O–H groups in total. The topological polar surface area (TPSA) is 50.2 Å². The molecule has 0 fully saturated rings. The Kier molecular flexibility index (Phi) is 5.51. The number of rotatable bonds is 3. The summed E-state index contributed by atoms with van der Waals surface area (Å²) in [7, 11) is 0. The lowest BCUT2D eigenvalue weighted by Crippen LogP contribution is -2.21. The predicted octanol–water partition coefficient (Wildman–Crippen LogP) is 2.80. The van der Waals surface area contributed by atoms with Crippen molar-refractivity contribution >= 4 is 19.5 Å². The third-order valence-corrected chi connectivity index (χ3v) is 2.51. The molecule has 0 saturated carbocycles. The average molecular weight is 241 g/mol. The molecule has 1 atom stereocenters. The zero-order valence-corrected chi connectivity index (χ0v) is 10.9. The van der Waals surface area contributed by atoms with Crippen molar-refractivity contribution in [1.82, 2.24) is 4.98 Å². The molecule has 3 nitrogen and oxygen atoms in total. The third-order valence-electron chi connectivity index (χ3n) is 2.51.